The van der Waals surface area contributed by atoms with Gasteiger partial charge in [0.25, 0.3) is 0 Å². The predicted octanol–water partition coefficient (Wildman–Crippen LogP) is 3.84. The Labute approximate surface area is 107 Å². The van der Waals surface area contributed by atoms with Gasteiger partial charge in [-0.05, 0) is 38.5 Å². The zero-order chi connectivity index (χ0) is 12.7. The minimum absolute atomic E-state index is 0.209. The van der Waals surface area contributed by atoms with E-state index in [9.17, 15) is 0 Å². The fraction of sp³-hybridized carbons (Fsp3) is 1.00. The maximum absolute atomic E-state index is 6.13. The average Bonchev–Trinajstić information content (AvgIpc) is 1.97. The quantitative estimate of drug-likeness (QED) is 0.491. The lowest BCUT2D eigenvalue weighted by molar-refractivity contribution is 0.107. The lowest BCUT2D eigenvalue weighted by Gasteiger charge is -2.22. The van der Waals surface area contributed by atoms with Crippen molar-refractivity contribution < 1.29 is 8.85 Å². The Morgan fingerprint density at radius 1 is 0.812 bits per heavy atom. The van der Waals surface area contributed by atoms with Crippen LogP contribution in [-0.2, 0) is 8.85 Å². The van der Waals surface area contributed by atoms with Gasteiger partial charge in [0.2, 0.25) is 0 Å². The second kappa shape index (κ2) is 8.51. The lowest BCUT2D eigenvalue weighted by Crippen LogP contribution is -2.28. The van der Waals surface area contributed by atoms with Crippen molar-refractivity contribution in [3.8, 4) is 0 Å². The molecule has 16 heavy (non-hydrogen) atoms. The Morgan fingerprint density at radius 3 is 1.38 bits per heavy atom. The summed E-state index contributed by atoms with van der Waals surface area (Å²) in [4.78, 5) is 0. The molecule has 0 amide bonds. The molecular weight excluding hydrogens is 240 g/mol. The fourth-order valence-electron chi connectivity index (χ4n) is 1.84. The molecular formula is C12H27ClO2Si. The van der Waals surface area contributed by atoms with Crippen molar-refractivity contribution in [2.45, 2.75) is 66.6 Å². The second-order valence-electron chi connectivity index (χ2n) is 5.43. The van der Waals surface area contributed by atoms with E-state index in [-0.39, 0.29) is 12.2 Å². The summed E-state index contributed by atoms with van der Waals surface area (Å²) in [5, 5.41) is 0. The number of rotatable bonds is 8. The van der Waals surface area contributed by atoms with E-state index in [0.29, 0.717) is 11.8 Å². The van der Waals surface area contributed by atoms with Gasteiger partial charge in [-0.2, -0.15) is 0 Å². The Morgan fingerprint density at radius 2 is 1.12 bits per heavy atom. The molecule has 0 aromatic carbocycles. The first-order valence-corrected chi connectivity index (χ1v) is 8.95. The predicted molar refractivity (Wildman–Crippen MR) is 73.0 cm³/mol. The van der Waals surface area contributed by atoms with Gasteiger partial charge in [-0.15, -0.1) is 11.1 Å². The Hall–Kier alpha value is 0.427. The smallest absolute Gasteiger partial charge is 0.383 e. The van der Waals surface area contributed by atoms with Gasteiger partial charge < -0.3 is 8.85 Å². The molecule has 0 bridgehead atoms. The standard InChI is InChI=1S/C12H27ClO2Si/c1-9(2)7-11(5)14-16(13)15-12(6)8-10(3)4/h9-12,16H,7-8H2,1-6H3. The fourth-order valence-corrected chi connectivity index (χ4v) is 3.91. The Bertz CT molecular complexity index is 158. The molecule has 0 aliphatic carbocycles. The molecule has 4 heteroatoms. The molecule has 0 aromatic heterocycles. The van der Waals surface area contributed by atoms with E-state index >= 15 is 0 Å². The van der Waals surface area contributed by atoms with Gasteiger partial charge in [0.15, 0.2) is 0 Å². The maximum Gasteiger partial charge on any atom is 0.427 e. The highest BCUT2D eigenvalue weighted by molar-refractivity contribution is 6.99. The molecule has 2 atom stereocenters. The topological polar surface area (TPSA) is 18.5 Å². The van der Waals surface area contributed by atoms with Crippen LogP contribution >= 0.6 is 11.1 Å². The average molecular weight is 267 g/mol. The molecule has 0 saturated heterocycles. The summed E-state index contributed by atoms with van der Waals surface area (Å²) in [6, 6.07) is 0. The van der Waals surface area contributed by atoms with E-state index < -0.39 is 8.59 Å². The molecule has 0 radical (unpaired) electrons. The molecule has 0 spiro atoms. The van der Waals surface area contributed by atoms with Crippen molar-refractivity contribution in [1.29, 1.82) is 0 Å². The van der Waals surface area contributed by atoms with Crippen LogP contribution in [-0.4, -0.2) is 20.8 Å². The van der Waals surface area contributed by atoms with Crippen LogP contribution in [0.1, 0.15) is 54.4 Å². The van der Waals surface area contributed by atoms with Gasteiger partial charge in [0, 0.05) is 12.2 Å². The Balaban J connectivity index is 3.75. The summed E-state index contributed by atoms with van der Waals surface area (Å²) in [7, 11) is -1.96. The van der Waals surface area contributed by atoms with Crippen LogP contribution in [0.25, 0.3) is 0 Å². The molecule has 0 rings (SSSR count). The van der Waals surface area contributed by atoms with Crippen LogP contribution in [0.5, 0.6) is 0 Å². The number of halogens is 1. The highest BCUT2D eigenvalue weighted by Crippen LogP contribution is 2.14. The molecule has 98 valence electrons. The first-order chi connectivity index (χ1) is 7.31. The van der Waals surface area contributed by atoms with Crippen LogP contribution in [0.4, 0.5) is 0 Å². The van der Waals surface area contributed by atoms with Crippen LogP contribution in [0.15, 0.2) is 0 Å². The third-order valence-electron chi connectivity index (χ3n) is 2.29. The SMILES string of the molecule is CC(C)CC(C)O[SiH](Cl)OC(C)CC(C)C. The van der Waals surface area contributed by atoms with Crippen LogP contribution in [0.3, 0.4) is 0 Å². The van der Waals surface area contributed by atoms with Gasteiger partial charge >= 0.3 is 8.59 Å². The summed E-state index contributed by atoms with van der Waals surface area (Å²) in [5.41, 5.74) is 0. The van der Waals surface area contributed by atoms with E-state index in [1.54, 1.807) is 0 Å². The van der Waals surface area contributed by atoms with Crippen molar-refractivity contribution >= 4 is 19.7 Å². The van der Waals surface area contributed by atoms with Crippen LogP contribution < -0.4 is 0 Å². The van der Waals surface area contributed by atoms with E-state index in [1.807, 2.05) is 0 Å². The van der Waals surface area contributed by atoms with E-state index in [0.717, 1.165) is 12.8 Å². The summed E-state index contributed by atoms with van der Waals surface area (Å²) < 4.78 is 11.4. The molecule has 0 fully saturated rings. The third-order valence-corrected chi connectivity index (χ3v) is 4.26. The third kappa shape index (κ3) is 9.64. The Kier molecular flexibility index (Phi) is 8.73. The summed E-state index contributed by atoms with van der Waals surface area (Å²) in [6.45, 7) is 12.9. The van der Waals surface area contributed by atoms with Gasteiger partial charge in [-0.25, -0.2) is 0 Å². The van der Waals surface area contributed by atoms with Gasteiger partial charge in [-0.3, -0.25) is 0 Å². The summed E-state index contributed by atoms with van der Waals surface area (Å²) in [6.07, 6.45) is 2.50. The molecule has 0 aromatic rings. The van der Waals surface area contributed by atoms with Gasteiger partial charge in [0.05, 0.1) is 0 Å². The summed E-state index contributed by atoms with van der Waals surface area (Å²) in [5.74, 6) is 1.28. The largest absolute Gasteiger partial charge is 0.427 e. The highest BCUT2D eigenvalue weighted by atomic mass is 35.6. The second-order valence-corrected chi connectivity index (χ2v) is 7.59. The zero-order valence-corrected chi connectivity index (χ0v) is 13.4. The summed E-state index contributed by atoms with van der Waals surface area (Å²) >= 11 is 6.13. The van der Waals surface area contributed by atoms with E-state index in [1.165, 1.54) is 0 Å². The van der Waals surface area contributed by atoms with Gasteiger partial charge in [-0.1, -0.05) is 27.7 Å². The molecule has 0 aliphatic rings. The molecule has 2 unspecified atom stereocenters. The minimum Gasteiger partial charge on any atom is -0.383 e. The van der Waals surface area contributed by atoms with E-state index in [2.05, 4.69) is 41.5 Å². The number of hydrogen-bond donors (Lipinski definition) is 0. The zero-order valence-electron chi connectivity index (χ0n) is 11.5. The normalized spacial score (nSPS) is 17.8. The monoisotopic (exact) mass is 266 g/mol. The van der Waals surface area contributed by atoms with Crippen molar-refractivity contribution in [1.82, 2.24) is 0 Å². The highest BCUT2D eigenvalue weighted by Gasteiger charge is 2.18. The van der Waals surface area contributed by atoms with E-state index in [4.69, 9.17) is 19.9 Å². The minimum atomic E-state index is -1.96. The first kappa shape index (κ1) is 16.4. The molecule has 2 nitrogen and oxygen atoms in total. The van der Waals surface area contributed by atoms with Crippen LogP contribution in [0, 0.1) is 11.8 Å². The van der Waals surface area contributed by atoms with Crippen molar-refractivity contribution in [3.63, 3.8) is 0 Å². The number of hydrogen-bond acceptors (Lipinski definition) is 2. The lowest BCUT2D eigenvalue weighted by atomic mass is 10.1. The van der Waals surface area contributed by atoms with Crippen LogP contribution in [0.2, 0.25) is 0 Å². The first-order valence-electron chi connectivity index (χ1n) is 6.26. The van der Waals surface area contributed by atoms with Gasteiger partial charge in [0.1, 0.15) is 0 Å². The van der Waals surface area contributed by atoms with Crippen molar-refractivity contribution in [2.24, 2.45) is 11.8 Å². The maximum atomic E-state index is 6.13. The molecule has 0 heterocycles. The molecule has 0 aliphatic heterocycles. The molecule has 0 saturated carbocycles. The van der Waals surface area contributed by atoms with Crippen molar-refractivity contribution in [3.05, 3.63) is 0 Å². The molecule has 0 N–H and O–H groups in total. The van der Waals surface area contributed by atoms with Crippen molar-refractivity contribution in [2.75, 3.05) is 0 Å².